The first-order chi connectivity index (χ1) is 16.9. The molecule has 182 valence electrons. The number of methoxy groups -OCH3 is 1. The SMILES string of the molecule is COc1ccccc1-c1cccc([C@@H]2CCCN(C(=O)C(C)(C)NC(=O)Cc3ccccc3)C2)n1. The van der Waals surface area contributed by atoms with Crippen molar-refractivity contribution in [3.05, 3.63) is 84.1 Å². The summed E-state index contributed by atoms with van der Waals surface area (Å²) in [6.07, 6.45) is 2.11. The van der Waals surface area contributed by atoms with Gasteiger partial charge in [0.15, 0.2) is 0 Å². The van der Waals surface area contributed by atoms with Gasteiger partial charge in [-0.1, -0.05) is 48.5 Å². The maximum Gasteiger partial charge on any atom is 0.247 e. The predicted molar refractivity (Wildman–Crippen MR) is 137 cm³/mol. The van der Waals surface area contributed by atoms with Gasteiger partial charge in [-0.25, -0.2) is 0 Å². The number of hydrogen-bond donors (Lipinski definition) is 1. The number of amides is 2. The molecule has 6 heteroatoms. The van der Waals surface area contributed by atoms with E-state index in [9.17, 15) is 9.59 Å². The van der Waals surface area contributed by atoms with Crippen LogP contribution in [0.2, 0.25) is 0 Å². The lowest BCUT2D eigenvalue weighted by Gasteiger charge is -2.38. The van der Waals surface area contributed by atoms with Crippen molar-refractivity contribution >= 4 is 11.8 Å². The highest BCUT2D eigenvalue weighted by Gasteiger charge is 2.36. The molecule has 1 aliphatic heterocycles. The lowest BCUT2D eigenvalue weighted by molar-refractivity contribution is -0.141. The summed E-state index contributed by atoms with van der Waals surface area (Å²) in [7, 11) is 1.66. The molecule has 0 aliphatic carbocycles. The van der Waals surface area contributed by atoms with Crippen molar-refractivity contribution in [3.8, 4) is 17.0 Å². The number of ether oxygens (including phenoxy) is 1. The van der Waals surface area contributed by atoms with Crippen LogP contribution >= 0.6 is 0 Å². The molecule has 6 nitrogen and oxygen atoms in total. The number of likely N-dealkylation sites (tertiary alicyclic amines) is 1. The third-order valence-electron chi connectivity index (χ3n) is 6.47. The van der Waals surface area contributed by atoms with Gasteiger partial charge in [-0.05, 0) is 56.5 Å². The molecule has 1 fully saturated rings. The minimum Gasteiger partial charge on any atom is -0.496 e. The van der Waals surface area contributed by atoms with Crippen LogP contribution in [-0.4, -0.2) is 47.4 Å². The van der Waals surface area contributed by atoms with E-state index in [1.165, 1.54) is 0 Å². The standard InChI is InChI=1S/C29H33N3O3/c1-29(2,31-27(33)19-21-11-5-4-6-12-21)28(34)32-18-10-13-22(20-32)24-15-9-16-25(30-24)23-14-7-8-17-26(23)35-3/h4-9,11-12,14-17,22H,10,13,18-20H2,1-3H3,(H,31,33)/t22-/m1/s1. The van der Waals surface area contributed by atoms with Crippen LogP contribution in [-0.2, 0) is 16.0 Å². The fourth-order valence-corrected chi connectivity index (χ4v) is 4.71. The van der Waals surface area contributed by atoms with Gasteiger partial charge in [0.1, 0.15) is 11.3 Å². The zero-order valence-electron chi connectivity index (χ0n) is 20.7. The van der Waals surface area contributed by atoms with Crippen molar-refractivity contribution in [2.24, 2.45) is 0 Å². The largest absolute Gasteiger partial charge is 0.496 e. The molecule has 1 saturated heterocycles. The molecule has 0 saturated carbocycles. The van der Waals surface area contributed by atoms with E-state index >= 15 is 0 Å². The first kappa shape index (κ1) is 24.5. The summed E-state index contributed by atoms with van der Waals surface area (Å²) in [5.74, 6) is 0.697. The van der Waals surface area contributed by atoms with Crippen LogP contribution in [0.3, 0.4) is 0 Å². The first-order valence-electron chi connectivity index (χ1n) is 12.1. The summed E-state index contributed by atoms with van der Waals surface area (Å²) in [4.78, 5) is 32.9. The molecule has 0 unspecified atom stereocenters. The van der Waals surface area contributed by atoms with Crippen LogP contribution in [0, 0.1) is 0 Å². The van der Waals surface area contributed by atoms with Crippen molar-refractivity contribution in [2.45, 2.75) is 44.6 Å². The zero-order chi connectivity index (χ0) is 24.8. The summed E-state index contributed by atoms with van der Waals surface area (Å²) in [5.41, 5.74) is 2.71. The molecule has 2 amide bonds. The van der Waals surface area contributed by atoms with Gasteiger partial charge in [0.25, 0.3) is 0 Å². The van der Waals surface area contributed by atoms with E-state index < -0.39 is 5.54 Å². The van der Waals surface area contributed by atoms with Gasteiger partial charge in [0.05, 0.1) is 19.2 Å². The summed E-state index contributed by atoms with van der Waals surface area (Å²) in [6.45, 7) is 4.82. The number of nitrogens with one attached hydrogen (secondary N) is 1. The Kier molecular flexibility index (Phi) is 7.49. The number of nitrogens with zero attached hydrogens (tertiary/aromatic N) is 2. The smallest absolute Gasteiger partial charge is 0.247 e. The van der Waals surface area contributed by atoms with Crippen LogP contribution in [0.4, 0.5) is 0 Å². The molecule has 3 aromatic rings. The topological polar surface area (TPSA) is 71.5 Å². The molecule has 2 heterocycles. The molecule has 0 radical (unpaired) electrons. The van der Waals surface area contributed by atoms with Gasteiger partial charge in [-0.15, -0.1) is 0 Å². The molecule has 1 N–H and O–H groups in total. The van der Waals surface area contributed by atoms with Gasteiger partial charge in [-0.2, -0.15) is 0 Å². The lowest BCUT2D eigenvalue weighted by atomic mass is 9.92. The van der Waals surface area contributed by atoms with E-state index in [1.54, 1.807) is 21.0 Å². The predicted octanol–water partition coefficient (Wildman–Crippen LogP) is 4.60. The third kappa shape index (κ3) is 5.88. The number of carbonyl (C=O) groups excluding carboxylic acids is 2. The van der Waals surface area contributed by atoms with Crippen LogP contribution < -0.4 is 10.1 Å². The number of para-hydroxylation sites is 1. The van der Waals surface area contributed by atoms with E-state index in [2.05, 4.69) is 5.32 Å². The molecule has 0 bridgehead atoms. The quantitative estimate of drug-likeness (QED) is 0.547. The van der Waals surface area contributed by atoms with Crippen LogP contribution in [0.1, 0.15) is 43.9 Å². The summed E-state index contributed by atoms with van der Waals surface area (Å²) < 4.78 is 5.51. The Hall–Kier alpha value is -3.67. The van der Waals surface area contributed by atoms with Crippen LogP contribution in [0.5, 0.6) is 5.75 Å². The maximum absolute atomic E-state index is 13.4. The molecular formula is C29H33N3O3. The number of hydrogen-bond acceptors (Lipinski definition) is 4. The van der Waals surface area contributed by atoms with Gasteiger partial charge in [0.2, 0.25) is 11.8 Å². The molecular weight excluding hydrogens is 438 g/mol. The number of piperidine rings is 1. The average Bonchev–Trinajstić information content (AvgIpc) is 2.88. The zero-order valence-corrected chi connectivity index (χ0v) is 20.7. The minimum atomic E-state index is -0.986. The van der Waals surface area contributed by atoms with E-state index in [-0.39, 0.29) is 24.2 Å². The van der Waals surface area contributed by atoms with E-state index in [0.29, 0.717) is 13.1 Å². The van der Waals surface area contributed by atoms with Crippen molar-refractivity contribution in [3.63, 3.8) is 0 Å². The normalized spacial score (nSPS) is 16.0. The van der Waals surface area contributed by atoms with E-state index in [1.807, 2.05) is 77.7 Å². The van der Waals surface area contributed by atoms with Gasteiger partial charge in [0, 0.05) is 30.3 Å². The molecule has 2 aromatic carbocycles. The number of aromatic nitrogens is 1. The van der Waals surface area contributed by atoms with E-state index in [0.717, 1.165) is 41.1 Å². The Balaban J connectivity index is 1.45. The van der Waals surface area contributed by atoms with Gasteiger partial charge >= 0.3 is 0 Å². The monoisotopic (exact) mass is 471 g/mol. The van der Waals surface area contributed by atoms with Gasteiger partial charge < -0.3 is 15.0 Å². The van der Waals surface area contributed by atoms with Crippen LogP contribution in [0.25, 0.3) is 11.3 Å². The minimum absolute atomic E-state index is 0.0653. The van der Waals surface area contributed by atoms with Crippen LogP contribution in [0.15, 0.2) is 72.8 Å². The average molecular weight is 472 g/mol. The molecule has 35 heavy (non-hydrogen) atoms. The second-order valence-corrected chi connectivity index (χ2v) is 9.57. The Morgan fingerprint density at radius 1 is 1.03 bits per heavy atom. The highest BCUT2D eigenvalue weighted by Crippen LogP contribution is 2.32. The van der Waals surface area contributed by atoms with E-state index in [4.69, 9.17) is 9.72 Å². The Labute approximate surface area is 207 Å². The Morgan fingerprint density at radius 2 is 1.77 bits per heavy atom. The second kappa shape index (κ2) is 10.7. The van der Waals surface area contributed by atoms with Crippen molar-refractivity contribution < 1.29 is 14.3 Å². The Bertz CT molecular complexity index is 1180. The number of pyridine rings is 1. The van der Waals surface area contributed by atoms with Gasteiger partial charge in [-0.3, -0.25) is 14.6 Å². The summed E-state index contributed by atoms with van der Waals surface area (Å²) >= 11 is 0. The number of carbonyl (C=O) groups is 2. The molecule has 0 spiro atoms. The highest BCUT2D eigenvalue weighted by atomic mass is 16.5. The highest BCUT2D eigenvalue weighted by molar-refractivity contribution is 5.91. The Morgan fingerprint density at radius 3 is 2.54 bits per heavy atom. The summed E-state index contributed by atoms with van der Waals surface area (Å²) in [5, 5.41) is 2.94. The number of benzene rings is 2. The fraction of sp³-hybridized carbons (Fsp3) is 0.345. The van der Waals surface area contributed by atoms with Crippen molar-refractivity contribution in [1.29, 1.82) is 0 Å². The lowest BCUT2D eigenvalue weighted by Crippen LogP contribution is -2.57. The fourth-order valence-electron chi connectivity index (χ4n) is 4.71. The second-order valence-electron chi connectivity index (χ2n) is 9.57. The van der Waals surface area contributed by atoms with Crippen molar-refractivity contribution in [2.75, 3.05) is 20.2 Å². The molecule has 1 aliphatic rings. The van der Waals surface area contributed by atoms with Crippen molar-refractivity contribution in [1.82, 2.24) is 15.2 Å². The summed E-state index contributed by atoms with van der Waals surface area (Å²) in [6, 6.07) is 23.4. The number of rotatable bonds is 7. The maximum atomic E-state index is 13.4. The third-order valence-corrected chi connectivity index (χ3v) is 6.47. The molecule has 1 atom stereocenters. The first-order valence-corrected chi connectivity index (χ1v) is 12.1. The molecule has 1 aromatic heterocycles. The molecule has 4 rings (SSSR count).